The Labute approximate surface area is 132 Å². The number of anilines is 1. The molecule has 8 nitrogen and oxygen atoms in total. The number of carbonyl (C=O) groups excluding carboxylic acids is 1. The minimum atomic E-state index is -1.20. The molecule has 3 rings (SSSR count). The van der Waals surface area contributed by atoms with E-state index in [-0.39, 0.29) is 17.6 Å². The molecule has 0 spiro atoms. The topological polar surface area (TPSA) is 109 Å². The van der Waals surface area contributed by atoms with Gasteiger partial charge >= 0.3 is 5.97 Å². The van der Waals surface area contributed by atoms with Gasteiger partial charge in [-0.1, -0.05) is 0 Å². The maximum atomic E-state index is 12.1. The summed E-state index contributed by atoms with van der Waals surface area (Å²) >= 11 is 0. The lowest BCUT2D eigenvalue weighted by molar-refractivity contribution is 0.0659. The Bertz CT molecular complexity index is 701. The summed E-state index contributed by atoms with van der Waals surface area (Å²) < 4.78 is 5.01. The lowest BCUT2D eigenvalue weighted by Crippen LogP contribution is -2.48. The molecule has 2 N–H and O–H groups in total. The zero-order chi connectivity index (χ0) is 16.2. The standard InChI is InChI=1S/C15H16N4O4/c20-13(11-4-5-12(23-11)14(21)22)18-10-3-1-8-19(9-10)15-16-6-2-7-17-15/h2,4-7,10H,1,3,8-9H2,(H,18,20)(H,21,22)/t10-/m1/s1. The van der Waals surface area contributed by atoms with E-state index >= 15 is 0 Å². The molecule has 0 aromatic carbocycles. The summed E-state index contributed by atoms with van der Waals surface area (Å²) in [7, 11) is 0. The predicted molar refractivity (Wildman–Crippen MR) is 80.4 cm³/mol. The van der Waals surface area contributed by atoms with Crippen LogP contribution in [0.1, 0.15) is 34.0 Å². The molecule has 1 atom stereocenters. The summed E-state index contributed by atoms with van der Waals surface area (Å²) in [6.07, 6.45) is 5.10. The van der Waals surface area contributed by atoms with Crippen LogP contribution in [0.5, 0.6) is 0 Å². The van der Waals surface area contributed by atoms with E-state index in [1.807, 2.05) is 4.90 Å². The third-order valence-electron chi connectivity index (χ3n) is 3.63. The second-order valence-corrected chi connectivity index (χ2v) is 5.28. The number of carboxylic acid groups (broad SMARTS) is 1. The number of carboxylic acids is 1. The van der Waals surface area contributed by atoms with Crippen LogP contribution in [0.2, 0.25) is 0 Å². The predicted octanol–water partition coefficient (Wildman–Crippen LogP) is 1.17. The Kier molecular flexibility index (Phi) is 4.22. The van der Waals surface area contributed by atoms with E-state index in [9.17, 15) is 9.59 Å². The van der Waals surface area contributed by atoms with Crippen LogP contribution < -0.4 is 10.2 Å². The molecule has 3 heterocycles. The third-order valence-corrected chi connectivity index (χ3v) is 3.63. The number of rotatable bonds is 4. The molecule has 1 amide bonds. The van der Waals surface area contributed by atoms with Gasteiger partial charge in [-0.15, -0.1) is 0 Å². The van der Waals surface area contributed by atoms with Crippen molar-refractivity contribution in [2.45, 2.75) is 18.9 Å². The van der Waals surface area contributed by atoms with Gasteiger partial charge in [0, 0.05) is 31.5 Å². The molecule has 1 aliphatic heterocycles. The fourth-order valence-electron chi connectivity index (χ4n) is 2.56. The first-order chi connectivity index (χ1) is 11.1. The van der Waals surface area contributed by atoms with Gasteiger partial charge in [-0.3, -0.25) is 4.79 Å². The number of carbonyl (C=O) groups is 2. The van der Waals surface area contributed by atoms with Gasteiger partial charge in [-0.25, -0.2) is 14.8 Å². The zero-order valence-electron chi connectivity index (χ0n) is 12.3. The van der Waals surface area contributed by atoms with Crippen LogP contribution in [0.4, 0.5) is 5.95 Å². The van der Waals surface area contributed by atoms with Gasteiger partial charge in [-0.05, 0) is 31.0 Å². The molecule has 120 valence electrons. The van der Waals surface area contributed by atoms with Gasteiger partial charge in [0.25, 0.3) is 5.91 Å². The second kappa shape index (κ2) is 6.47. The van der Waals surface area contributed by atoms with Crippen LogP contribution in [0.25, 0.3) is 0 Å². The number of aromatic carboxylic acids is 1. The maximum absolute atomic E-state index is 12.1. The Balaban J connectivity index is 1.63. The van der Waals surface area contributed by atoms with E-state index in [2.05, 4.69) is 15.3 Å². The summed E-state index contributed by atoms with van der Waals surface area (Å²) in [5, 5.41) is 11.7. The van der Waals surface area contributed by atoms with Gasteiger partial charge < -0.3 is 19.7 Å². The molecule has 0 saturated carbocycles. The molecule has 2 aromatic heterocycles. The number of piperidine rings is 1. The molecule has 8 heteroatoms. The Hall–Kier alpha value is -2.90. The highest BCUT2D eigenvalue weighted by molar-refractivity contribution is 5.93. The fraction of sp³-hybridized carbons (Fsp3) is 0.333. The number of amides is 1. The molecule has 0 aliphatic carbocycles. The highest BCUT2D eigenvalue weighted by Gasteiger charge is 2.24. The van der Waals surface area contributed by atoms with Gasteiger partial charge in [0.05, 0.1) is 0 Å². The van der Waals surface area contributed by atoms with Crippen LogP contribution >= 0.6 is 0 Å². The minimum absolute atomic E-state index is 0.00418. The minimum Gasteiger partial charge on any atom is -0.475 e. The molecule has 0 bridgehead atoms. The van der Waals surface area contributed by atoms with Crippen LogP contribution in [0.3, 0.4) is 0 Å². The summed E-state index contributed by atoms with van der Waals surface area (Å²) in [5.74, 6) is -1.24. The van der Waals surface area contributed by atoms with Gasteiger partial charge in [0.1, 0.15) is 0 Å². The van der Waals surface area contributed by atoms with Crippen molar-refractivity contribution in [1.82, 2.24) is 15.3 Å². The Morgan fingerprint density at radius 3 is 2.70 bits per heavy atom. The Morgan fingerprint density at radius 2 is 2.00 bits per heavy atom. The summed E-state index contributed by atoms with van der Waals surface area (Å²) in [6.45, 7) is 1.43. The third kappa shape index (κ3) is 3.47. The molecular weight excluding hydrogens is 300 g/mol. The lowest BCUT2D eigenvalue weighted by Gasteiger charge is -2.32. The molecule has 0 unspecified atom stereocenters. The number of aromatic nitrogens is 2. The summed E-state index contributed by atoms with van der Waals surface area (Å²) in [6, 6.07) is 4.31. The highest BCUT2D eigenvalue weighted by atomic mass is 16.4. The van der Waals surface area contributed by atoms with Crippen molar-refractivity contribution in [2.75, 3.05) is 18.0 Å². The first-order valence-corrected chi connectivity index (χ1v) is 7.29. The van der Waals surface area contributed by atoms with E-state index in [1.165, 1.54) is 12.1 Å². The van der Waals surface area contributed by atoms with Crippen LogP contribution in [0.15, 0.2) is 35.0 Å². The molecule has 1 fully saturated rings. The van der Waals surface area contributed by atoms with Gasteiger partial charge in [0.15, 0.2) is 5.76 Å². The largest absolute Gasteiger partial charge is 0.475 e. The van der Waals surface area contributed by atoms with Crippen LogP contribution in [-0.4, -0.2) is 46.1 Å². The zero-order valence-corrected chi connectivity index (χ0v) is 12.3. The van der Waals surface area contributed by atoms with Crippen LogP contribution in [-0.2, 0) is 0 Å². The van der Waals surface area contributed by atoms with Crippen molar-refractivity contribution in [3.8, 4) is 0 Å². The van der Waals surface area contributed by atoms with Crippen molar-refractivity contribution in [3.05, 3.63) is 42.1 Å². The van der Waals surface area contributed by atoms with Crippen molar-refractivity contribution in [2.24, 2.45) is 0 Å². The number of hydrogen-bond acceptors (Lipinski definition) is 6. The molecule has 1 saturated heterocycles. The van der Waals surface area contributed by atoms with Crippen molar-refractivity contribution >= 4 is 17.8 Å². The second-order valence-electron chi connectivity index (χ2n) is 5.28. The Morgan fingerprint density at radius 1 is 1.26 bits per heavy atom. The van der Waals surface area contributed by atoms with E-state index in [0.717, 1.165) is 19.4 Å². The fourth-order valence-corrected chi connectivity index (χ4v) is 2.56. The maximum Gasteiger partial charge on any atom is 0.371 e. The molecular formula is C15H16N4O4. The van der Waals surface area contributed by atoms with E-state index in [4.69, 9.17) is 9.52 Å². The van der Waals surface area contributed by atoms with Gasteiger partial charge in [0.2, 0.25) is 11.7 Å². The van der Waals surface area contributed by atoms with Crippen molar-refractivity contribution in [3.63, 3.8) is 0 Å². The number of furan rings is 1. The van der Waals surface area contributed by atoms with Gasteiger partial charge in [-0.2, -0.15) is 0 Å². The summed E-state index contributed by atoms with van der Waals surface area (Å²) in [5.41, 5.74) is 0. The lowest BCUT2D eigenvalue weighted by atomic mass is 10.1. The molecule has 0 radical (unpaired) electrons. The molecule has 2 aromatic rings. The average Bonchev–Trinajstić information content (AvgIpc) is 3.06. The monoisotopic (exact) mass is 316 g/mol. The quantitative estimate of drug-likeness (QED) is 0.871. The van der Waals surface area contributed by atoms with Crippen LogP contribution in [0, 0.1) is 0 Å². The number of nitrogens with one attached hydrogen (secondary N) is 1. The SMILES string of the molecule is O=C(O)c1ccc(C(=O)N[C@@H]2CCCN(c3ncccn3)C2)o1. The normalized spacial score (nSPS) is 17.7. The average molecular weight is 316 g/mol. The first-order valence-electron chi connectivity index (χ1n) is 7.29. The smallest absolute Gasteiger partial charge is 0.371 e. The highest BCUT2D eigenvalue weighted by Crippen LogP contribution is 2.16. The number of nitrogens with zero attached hydrogens (tertiary/aromatic N) is 3. The van der Waals surface area contributed by atoms with E-state index < -0.39 is 11.9 Å². The molecule has 23 heavy (non-hydrogen) atoms. The molecule has 1 aliphatic rings. The van der Waals surface area contributed by atoms with E-state index in [1.54, 1.807) is 18.5 Å². The summed E-state index contributed by atoms with van der Waals surface area (Å²) in [4.78, 5) is 33.4. The van der Waals surface area contributed by atoms with Crippen molar-refractivity contribution < 1.29 is 19.1 Å². The number of hydrogen-bond donors (Lipinski definition) is 2. The first kappa shape index (κ1) is 15.0. The van der Waals surface area contributed by atoms with E-state index in [0.29, 0.717) is 12.5 Å². The van der Waals surface area contributed by atoms with Crippen molar-refractivity contribution in [1.29, 1.82) is 0 Å².